The highest BCUT2D eigenvalue weighted by molar-refractivity contribution is 5.69. The zero-order valence-electron chi connectivity index (χ0n) is 14.9. The molecule has 142 valence electrons. The van der Waals surface area contributed by atoms with Crippen molar-refractivity contribution in [3.63, 3.8) is 0 Å². The Kier molecular flexibility index (Phi) is 5.73. The molecule has 0 bridgehead atoms. The highest BCUT2D eigenvalue weighted by Crippen LogP contribution is 2.35. The monoisotopic (exact) mass is 363 g/mol. The van der Waals surface area contributed by atoms with Crippen LogP contribution in [-0.4, -0.2) is 53.2 Å². The fourth-order valence-electron chi connectivity index (χ4n) is 3.48. The summed E-state index contributed by atoms with van der Waals surface area (Å²) < 4.78 is 5.15. The van der Waals surface area contributed by atoms with Crippen molar-refractivity contribution >= 4 is 17.3 Å². The molecule has 0 atom stereocenters. The Balaban J connectivity index is 1.58. The number of hydrogen-bond acceptors (Lipinski definition) is 6. The molecule has 0 saturated heterocycles. The molecule has 2 saturated carbocycles. The Hall–Kier alpha value is -2.19. The second-order valence-electron chi connectivity index (χ2n) is 7.26. The minimum absolute atomic E-state index is 0.0474. The first-order valence-electron chi connectivity index (χ1n) is 8.95. The van der Waals surface area contributed by atoms with Gasteiger partial charge in [-0.3, -0.25) is 19.8 Å². The van der Waals surface area contributed by atoms with Gasteiger partial charge in [0.15, 0.2) is 0 Å². The fourth-order valence-corrected chi connectivity index (χ4v) is 3.48. The van der Waals surface area contributed by atoms with Gasteiger partial charge in [-0.2, -0.15) is 0 Å². The number of nitro benzene ring substituents is 1. The summed E-state index contributed by atoms with van der Waals surface area (Å²) in [5.74, 6) is -0.121. The Bertz CT molecular complexity index is 671. The molecule has 0 aromatic heterocycles. The van der Waals surface area contributed by atoms with E-state index in [2.05, 4.69) is 10.2 Å². The number of nitro groups is 1. The molecular formula is C18H25N3O5. The van der Waals surface area contributed by atoms with Gasteiger partial charge in [0.1, 0.15) is 0 Å². The minimum atomic E-state index is -0.778. The molecule has 0 spiro atoms. The molecule has 8 heteroatoms. The summed E-state index contributed by atoms with van der Waals surface area (Å²) in [4.78, 5) is 23.7. The number of carboxylic acids is 1. The van der Waals surface area contributed by atoms with Gasteiger partial charge in [-0.1, -0.05) is 0 Å². The van der Waals surface area contributed by atoms with E-state index in [1.165, 1.54) is 25.0 Å². The van der Waals surface area contributed by atoms with E-state index in [1.807, 2.05) is 0 Å². The highest BCUT2D eigenvalue weighted by Gasteiger charge is 2.37. The van der Waals surface area contributed by atoms with Crippen LogP contribution in [0.1, 0.15) is 31.2 Å². The van der Waals surface area contributed by atoms with Crippen molar-refractivity contribution in [1.82, 2.24) is 4.90 Å². The molecule has 2 aliphatic carbocycles. The lowest BCUT2D eigenvalue weighted by atomic mass is 9.84. The first-order chi connectivity index (χ1) is 12.5. The van der Waals surface area contributed by atoms with Gasteiger partial charge < -0.3 is 15.2 Å². The van der Waals surface area contributed by atoms with Crippen molar-refractivity contribution < 1.29 is 19.6 Å². The Morgan fingerprint density at radius 2 is 2.15 bits per heavy atom. The summed E-state index contributed by atoms with van der Waals surface area (Å²) in [5.41, 5.74) is 1.64. The van der Waals surface area contributed by atoms with Crippen molar-refractivity contribution in [3.8, 4) is 0 Å². The smallest absolute Gasteiger partial charge is 0.317 e. The molecule has 1 aromatic carbocycles. The van der Waals surface area contributed by atoms with E-state index in [0.717, 1.165) is 30.6 Å². The molecule has 3 rings (SSSR count). The quantitative estimate of drug-likeness (QED) is 0.486. The number of methoxy groups -OCH3 is 1. The molecule has 8 nitrogen and oxygen atoms in total. The van der Waals surface area contributed by atoms with Crippen LogP contribution in [0, 0.1) is 16.0 Å². The first-order valence-corrected chi connectivity index (χ1v) is 8.95. The number of nitrogens with one attached hydrogen (secondary N) is 1. The van der Waals surface area contributed by atoms with E-state index in [0.29, 0.717) is 12.5 Å². The average Bonchev–Trinajstić information content (AvgIpc) is 3.34. The summed E-state index contributed by atoms with van der Waals surface area (Å²) >= 11 is 0. The van der Waals surface area contributed by atoms with Crippen molar-refractivity contribution in [2.75, 3.05) is 25.5 Å². The third-order valence-electron chi connectivity index (χ3n) is 5.12. The number of hydrogen-bond donors (Lipinski definition) is 2. The summed E-state index contributed by atoms with van der Waals surface area (Å²) in [7, 11) is 1.56. The third kappa shape index (κ3) is 4.70. The van der Waals surface area contributed by atoms with Crippen LogP contribution in [0.3, 0.4) is 0 Å². The fraction of sp³-hybridized carbons (Fsp3) is 0.611. The van der Waals surface area contributed by atoms with Gasteiger partial charge in [0.2, 0.25) is 0 Å². The highest BCUT2D eigenvalue weighted by atomic mass is 16.6. The van der Waals surface area contributed by atoms with E-state index in [9.17, 15) is 14.9 Å². The molecule has 1 aromatic rings. The van der Waals surface area contributed by atoms with Gasteiger partial charge in [-0.05, 0) is 37.7 Å². The Morgan fingerprint density at radius 1 is 1.42 bits per heavy atom. The summed E-state index contributed by atoms with van der Waals surface area (Å²) in [6.07, 6.45) is 4.16. The van der Waals surface area contributed by atoms with Gasteiger partial charge in [-0.15, -0.1) is 0 Å². The van der Waals surface area contributed by atoms with E-state index >= 15 is 0 Å². The largest absolute Gasteiger partial charge is 0.480 e. The summed E-state index contributed by atoms with van der Waals surface area (Å²) in [6.45, 7) is 1.27. The first kappa shape index (κ1) is 18.6. The van der Waals surface area contributed by atoms with Crippen LogP contribution in [0.15, 0.2) is 18.2 Å². The normalized spacial score (nSPS) is 22.1. The molecule has 0 radical (unpaired) electrons. The van der Waals surface area contributed by atoms with Crippen LogP contribution in [-0.2, 0) is 16.1 Å². The maximum absolute atomic E-state index is 11.1. The van der Waals surface area contributed by atoms with Crippen LogP contribution >= 0.6 is 0 Å². The lowest BCUT2D eigenvalue weighted by molar-refractivity contribution is -0.384. The zero-order valence-corrected chi connectivity index (χ0v) is 14.9. The molecule has 26 heavy (non-hydrogen) atoms. The lowest BCUT2D eigenvalue weighted by Gasteiger charge is -2.43. The standard InChI is InChI=1S/C18H25N3O5/c1-26-11-13-6-15(21(24)25)4-5-17(13)19-14-7-16(8-14)20(10-18(22)23)9-12-2-3-12/h4-6,12,14,16,19H,2-3,7-11H2,1H3,(H,22,23). The summed E-state index contributed by atoms with van der Waals surface area (Å²) in [5, 5.41) is 23.5. The molecule has 0 amide bonds. The van der Waals surface area contributed by atoms with Crippen molar-refractivity contribution in [2.45, 2.75) is 44.4 Å². The molecule has 0 unspecified atom stereocenters. The molecule has 2 fully saturated rings. The van der Waals surface area contributed by atoms with Crippen LogP contribution in [0.25, 0.3) is 0 Å². The van der Waals surface area contributed by atoms with E-state index in [4.69, 9.17) is 9.84 Å². The van der Waals surface area contributed by atoms with Crippen molar-refractivity contribution in [1.29, 1.82) is 0 Å². The number of aliphatic carboxylic acids is 1. The minimum Gasteiger partial charge on any atom is -0.480 e. The molecule has 0 heterocycles. The van der Waals surface area contributed by atoms with Gasteiger partial charge in [-0.25, -0.2) is 0 Å². The number of carboxylic acid groups (broad SMARTS) is 1. The van der Waals surface area contributed by atoms with Gasteiger partial charge >= 0.3 is 5.97 Å². The number of nitrogens with zero attached hydrogens (tertiary/aromatic N) is 2. The average molecular weight is 363 g/mol. The number of rotatable bonds is 10. The number of carbonyl (C=O) groups is 1. The van der Waals surface area contributed by atoms with E-state index in [1.54, 1.807) is 13.2 Å². The SMILES string of the molecule is COCc1cc([N+](=O)[O-])ccc1NC1CC(N(CC(=O)O)CC2CC2)C1. The van der Waals surface area contributed by atoms with Crippen LogP contribution in [0.4, 0.5) is 11.4 Å². The van der Waals surface area contributed by atoms with Gasteiger partial charge in [0.05, 0.1) is 18.1 Å². The lowest BCUT2D eigenvalue weighted by Crippen LogP contribution is -2.52. The maximum Gasteiger partial charge on any atom is 0.317 e. The number of non-ortho nitro benzene ring substituents is 1. The maximum atomic E-state index is 11.1. The second kappa shape index (κ2) is 8.01. The van der Waals surface area contributed by atoms with Gasteiger partial charge in [0.25, 0.3) is 5.69 Å². The van der Waals surface area contributed by atoms with Crippen molar-refractivity contribution in [3.05, 3.63) is 33.9 Å². The zero-order chi connectivity index (χ0) is 18.7. The van der Waals surface area contributed by atoms with Crippen molar-refractivity contribution in [2.24, 2.45) is 5.92 Å². The van der Waals surface area contributed by atoms with E-state index < -0.39 is 10.9 Å². The van der Waals surface area contributed by atoms with Crippen LogP contribution in [0.2, 0.25) is 0 Å². The molecule has 2 N–H and O–H groups in total. The Morgan fingerprint density at radius 3 is 2.73 bits per heavy atom. The third-order valence-corrected chi connectivity index (χ3v) is 5.12. The molecule has 0 aliphatic heterocycles. The second-order valence-corrected chi connectivity index (χ2v) is 7.26. The Labute approximate surface area is 152 Å². The predicted molar refractivity (Wildman–Crippen MR) is 96.2 cm³/mol. The van der Waals surface area contributed by atoms with Crippen LogP contribution < -0.4 is 5.32 Å². The summed E-state index contributed by atoms with van der Waals surface area (Å²) in [6, 6.07) is 5.27. The topological polar surface area (TPSA) is 105 Å². The van der Waals surface area contributed by atoms with Crippen LogP contribution in [0.5, 0.6) is 0 Å². The number of anilines is 1. The van der Waals surface area contributed by atoms with Gasteiger partial charge in [0, 0.05) is 49.1 Å². The molecule has 2 aliphatic rings. The number of benzene rings is 1. The molecular weight excluding hydrogens is 338 g/mol. The predicted octanol–water partition coefficient (Wildman–Crippen LogP) is 2.48. The number of ether oxygens (including phenoxy) is 1. The van der Waals surface area contributed by atoms with E-state index in [-0.39, 0.29) is 24.3 Å².